The first-order valence-corrected chi connectivity index (χ1v) is 9.20. The molecule has 2 N–H and O–H groups in total. The number of ether oxygens (including phenoxy) is 1. The highest BCUT2D eigenvalue weighted by atomic mass is 16.5. The van der Waals surface area contributed by atoms with Gasteiger partial charge in [0.05, 0.1) is 11.1 Å². The molecular formula is C20H21N5O4. The van der Waals surface area contributed by atoms with E-state index in [2.05, 4.69) is 20.9 Å². The number of nitrogens with zero attached hydrogens (tertiary/aromatic N) is 3. The van der Waals surface area contributed by atoms with E-state index in [1.165, 1.54) is 0 Å². The molecule has 0 radical (unpaired) electrons. The summed E-state index contributed by atoms with van der Waals surface area (Å²) in [5.41, 5.74) is 2.54. The number of anilines is 1. The Balaban J connectivity index is 1.58. The molecule has 0 saturated heterocycles. The van der Waals surface area contributed by atoms with Crippen LogP contribution in [0.15, 0.2) is 42.5 Å². The van der Waals surface area contributed by atoms with Crippen LogP contribution < -0.4 is 10.6 Å². The average Bonchev–Trinajstić information content (AvgIpc) is 3.14. The lowest BCUT2D eigenvalue weighted by molar-refractivity contribution is -0.119. The Labute approximate surface area is 167 Å². The van der Waals surface area contributed by atoms with E-state index in [1.54, 1.807) is 47.1 Å². The Kier molecular flexibility index (Phi) is 6.18. The standard InChI is InChI=1S/C20H21N5O4/c1-3-21-19(27)13-6-5-7-15(10-13)22-18(26)12-29-20(28)14-8-9-17-16(11-14)23-24-25(17)4-2/h5-11H,3-4,12H2,1-2H3,(H,21,27)(H,22,26). The first-order chi connectivity index (χ1) is 14.0. The van der Waals surface area contributed by atoms with Crippen molar-refractivity contribution in [1.29, 1.82) is 0 Å². The topological polar surface area (TPSA) is 115 Å². The van der Waals surface area contributed by atoms with Crippen LogP contribution in [0.1, 0.15) is 34.6 Å². The largest absolute Gasteiger partial charge is 0.452 e. The van der Waals surface area contributed by atoms with Crippen molar-refractivity contribution >= 4 is 34.5 Å². The van der Waals surface area contributed by atoms with Gasteiger partial charge in [-0.3, -0.25) is 9.59 Å². The molecule has 0 fully saturated rings. The van der Waals surface area contributed by atoms with Gasteiger partial charge < -0.3 is 15.4 Å². The molecule has 3 rings (SSSR count). The second-order valence-corrected chi connectivity index (χ2v) is 6.17. The van der Waals surface area contributed by atoms with Crippen LogP contribution in [0.4, 0.5) is 5.69 Å². The monoisotopic (exact) mass is 395 g/mol. The summed E-state index contributed by atoms with van der Waals surface area (Å²) in [7, 11) is 0. The first kappa shape index (κ1) is 20.0. The first-order valence-electron chi connectivity index (χ1n) is 9.20. The number of esters is 1. The molecule has 0 aliphatic rings. The van der Waals surface area contributed by atoms with Crippen LogP contribution in [0.5, 0.6) is 0 Å². The fourth-order valence-electron chi connectivity index (χ4n) is 2.75. The third-order valence-electron chi connectivity index (χ3n) is 4.13. The van der Waals surface area contributed by atoms with Crippen molar-refractivity contribution in [3.8, 4) is 0 Å². The van der Waals surface area contributed by atoms with Crippen molar-refractivity contribution in [2.75, 3.05) is 18.5 Å². The number of hydrogen-bond donors (Lipinski definition) is 2. The van der Waals surface area contributed by atoms with E-state index >= 15 is 0 Å². The highest BCUT2D eigenvalue weighted by molar-refractivity contribution is 5.99. The van der Waals surface area contributed by atoms with Crippen LogP contribution >= 0.6 is 0 Å². The molecule has 1 aromatic heterocycles. The Hall–Kier alpha value is -3.75. The third-order valence-corrected chi connectivity index (χ3v) is 4.13. The minimum absolute atomic E-state index is 0.231. The predicted octanol–water partition coefficient (Wildman–Crippen LogP) is 2.00. The molecule has 9 heteroatoms. The molecule has 0 aliphatic heterocycles. The number of carbonyl (C=O) groups excluding carboxylic acids is 3. The summed E-state index contributed by atoms with van der Waals surface area (Å²) < 4.78 is 6.79. The lowest BCUT2D eigenvalue weighted by atomic mass is 10.2. The summed E-state index contributed by atoms with van der Waals surface area (Å²) in [4.78, 5) is 36.2. The van der Waals surface area contributed by atoms with Gasteiger partial charge in [0.25, 0.3) is 11.8 Å². The van der Waals surface area contributed by atoms with Gasteiger partial charge in [-0.1, -0.05) is 11.3 Å². The second-order valence-electron chi connectivity index (χ2n) is 6.17. The van der Waals surface area contributed by atoms with Crippen LogP contribution in [0.25, 0.3) is 11.0 Å². The Morgan fingerprint density at radius 2 is 1.90 bits per heavy atom. The van der Waals surface area contributed by atoms with Crippen molar-refractivity contribution in [3.05, 3.63) is 53.6 Å². The molecule has 9 nitrogen and oxygen atoms in total. The van der Waals surface area contributed by atoms with Crippen LogP contribution in [0.2, 0.25) is 0 Å². The number of benzene rings is 2. The molecule has 0 unspecified atom stereocenters. The zero-order valence-electron chi connectivity index (χ0n) is 16.1. The van der Waals surface area contributed by atoms with Gasteiger partial charge in [0.2, 0.25) is 0 Å². The smallest absolute Gasteiger partial charge is 0.338 e. The van der Waals surface area contributed by atoms with E-state index in [9.17, 15) is 14.4 Å². The number of aromatic nitrogens is 3. The molecule has 0 saturated carbocycles. The molecule has 0 aliphatic carbocycles. The number of hydrogen-bond acceptors (Lipinski definition) is 6. The minimum atomic E-state index is -0.635. The van der Waals surface area contributed by atoms with Gasteiger partial charge in [-0.2, -0.15) is 0 Å². The fraction of sp³-hybridized carbons (Fsp3) is 0.250. The van der Waals surface area contributed by atoms with Gasteiger partial charge in [0, 0.05) is 24.3 Å². The maximum atomic E-state index is 12.2. The summed E-state index contributed by atoms with van der Waals surface area (Å²) in [5, 5.41) is 13.3. The minimum Gasteiger partial charge on any atom is -0.452 e. The van der Waals surface area contributed by atoms with Crippen LogP contribution in [0.3, 0.4) is 0 Å². The van der Waals surface area contributed by atoms with E-state index in [4.69, 9.17) is 4.74 Å². The second kappa shape index (κ2) is 8.96. The maximum Gasteiger partial charge on any atom is 0.338 e. The van der Waals surface area contributed by atoms with Crippen LogP contribution in [-0.2, 0) is 16.1 Å². The van der Waals surface area contributed by atoms with Gasteiger partial charge >= 0.3 is 5.97 Å². The Bertz CT molecular complexity index is 1060. The van der Waals surface area contributed by atoms with Gasteiger partial charge in [-0.05, 0) is 50.2 Å². The number of carbonyl (C=O) groups is 3. The zero-order valence-corrected chi connectivity index (χ0v) is 16.1. The predicted molar refractivity (Wildman–Crippen MR) is 107 cm³/mol. The summed E-state index contributed by atoms with van der Waals surface area (Å²) in [5.74, 6) is -1.38. The lowest BCUT2D eigenvalue weighted by Gasteiger charge is -2.08. The number of fused-ring (bicyclic) bond motifs is 1. The normalized spacial score (nSPS) is 10.6. The summed E-state index contributed by atoms with van der Waals surface area (Å²) in [6.45, 7) is 4.49. The number of aryl methyl sites for hydroxylation is 1. The van der Waals surface area contributed by atoms with Crippen molar-refractivity contribution in [2.24, 2.45) is 0 Å². The molecule has 2 amide bonds. The number of nitrogens with one attached hydrogen (secondary N) is 2. The van der Waals surface area contributed by atoms with Crippen molar-refractivity contribution in [1.82, 2.24) is 20.3 Å². The van der Waals surface area contributed by atoms with Gasteiger partial charge in [0.1, 0.15) is 5.52 Å². The molecule has 3 aromatic rings. The van der Waals surface area contributed by atoms with Crippen LogP contribution in [0, 0.1) is 0 Å². The Morgan fingerprint density at radius 1 is 1.07 bits per heavy atom. The molecule has 0 bridgehead atoms. The molecule has 2 aromatic carbocycles. The van der Waals surface area contributed by atoms with Gasteiger partial charge in [-0.25, -0.2) is 9.48 Å². The molecule has 0 atom stereocenters. The number of amides is 2. The van der Waals surface area contributed by atoms with E-state index in [0.717, 1.165) is 5.52 Å². The molecule has 1 heterocycles. The summed E-state index contributed by atoms with van der Waals surface area (Å²) in [6.07, 6.45) is 0. The highest BCUT2D eigenvalue weighted by Gasteiger charge is 2.13. The van der Waals surface area contributed by atoms with Gasteiger partial charge in [0.15, 0.2) is 6.61 Å². The molecule has 0 spiro atoms. The number of rotatable bonds is 7. The van der Waals surface area contributed by atoms with Crippen molar-refractivity contribution < 1.29 is 19.1 Å². The van der Waals surface area contributed by atoms with E-state index in [0.29, 0.717) is 29.9 Å². The average molecular weight is 395 g/mol. The maximum absolute atomic E-state index is 12.2. The quantitative estimate of drug-likeness (QED) is 0.591. The third kappa shape index (κ3) is 4.75. The molecule has 29 heavy (non-hydrogen) atoms. The lowest BCUT2D eigenvalue weighted by Crippen LogP contribution is -2.23. The van der Waals surface area contributed by atoms with Gasteiger partial charge in [-0.15, -0.1) is 5.10 Å². The highest BCUT2D eigenvalue weighted by Crippen LogP contribution is 2.15. The van der Waals surface area contributed by atoms with Crippen LogP contribution in [-0.4, -0.2) is 45.9 Å². The van der Waals surface area contributed by atoms with E-state index in [1.807, 2.05) is 13.8 Å². The van der Waals surface area contributed by atoms with Crippen molar-refractivity contribution in [2.45, 2.75) is 20.4 Å². The van der Waals surface area contributed by atoms with E-state index < -0.39 is 18.5 Å². The van der Waals surface area contributed by atoms with Crippen molar-refractivity contribution in [3.63, 3.8) is 0 Å². The molecular weight excluding hydrogens is 374 g/mol. The SMILES string of the molecule is CCNC(=O)c1cccc(NC(=O)COC(=O)c2ccc3c(c2)nnn3CC)c1. The Morgan fingerprint density at radius 3 is 2.66 bits per heavy atom. The zero-order chi connectivity index (χ0) is 20.8. The summed E-state index contributed by atoms with van der Waals surface area (Å²) >= 11 is 0. The summed E-state index contributed by atoms with van der Waals surface area (Å²) in [6, 6.07) is 11.4. The fourth-order valence-corrected chi connectivity index (χ4v) is 2.75. The molecule has 150 valence electrons. The van der Waals surface area contributed by atoms with E-state index in [-0.39, 0.29) is 11.5 Å².